The number of carboxylic acids is 1. The molecule has 6 heteroatoms. The molecular formula is C23H27NO4S. The molecule has 1 aromatic carbocycles. The van der Waals surface area contributed by atoms with Crippen molar-refractivity contribution in [1.82, 2.24) is 4.90 Å². The third-order valence-corrected chi connectivity index (χ3v) is 6.15. The highest BCUT2D eigenvalue weighted by Crippen LogP contribution is 2.36. The molecule has 5 nitrogen and oxygen atoms in total. The van der Waals surface area contributed by atoms with E-state index in [0.29, 0.717) is 23.6 Å². The summed E-state index contributed by atoms with van der Waals surface area (Å²) in [6.45, 7) is 4.35. The molecular weight excluding hydrogens is 386 g/mol. The summed E-state index contributed by atoms with van der Waals surface area (Å²) in [7, 11) is 3.28. The van der Waals surface area contributed by atoms with Crippen LogP contribution in [-0.4, -0.2) is 49.8 Å². The molecule has 0 bridgehead atoms. The number of rotatable bonds is 8. The van der Waals surface area contributed by atoms with E-state index in [9.17, 15) is 9.90 Å². The summed E-state index contributed by atoms with van der Waals surface area (Å²) < 4.78 is 10.9. The average Bonchev–Trinajstić information content (AvgIpc) is 3.16. The van der Waals surface area contributed by atoms with Gasteiger partial charge in [0, 0.05) is 30.1 Å². The van der Waals surface area contributed by atoms with Crippen LogP contribution in [0.4, 0.5) is 0 Å². The van der Waals surface area contributed by atoms with Gasteiger partial charge in [-0.3, -0.25) is 4.90 Å². The highest BCUT2D eigenvalue weighted by Gasteiger charge is 2.17. The first-order valence-corrected chi connectivity index (χ1v) is 10.5. The Morgan fingerprint density at radius 2 is 2.03 bits per heavy atom. The Morgan fingerprint density at radius 1 is 1.24 bits per heavy atom. The molecule has 0 fully saturated rings. The number of thiophene rings is 1. The van der Waals surface area contributed by atoms with Crippen LogP contribution < -0.4 is 9.47 Å². The van der Waals surface area contributed by atoms with Crippen LogP contribution in [0.3, 0.4) is 0 Å². The van der Waals surface area contributed by atoms with Gasteiger partial charge in [0.25, 0.3) is 0 Å². The second kappa shape index (κ2) is 9.76. The van der Waals surface area contributed by atoms with Gasteiger partial charge in [-0.1, -0.05) is 18.2 Å². The average molecular weight is 414 g/mol. The SMILES string of the molecule is COc1ccc(C(=CCCN2CCC=C(C(=O)O)C2)c2sccc2C)cc1OC. The number of aliphatic carboxylic acids is 1. The molecule has 154 valence electrons. The second-order valence-corrected chi connectivity index (χ2v) is 7.92. The van der Waals surface area contributed by atoms with Gasteiger partial charge in [0.2, 0.25) is 0 Å². The molecule has 0 saturated heterocycles. The molecule has 0 amide bonds. The number of hydrogen-bond donors (Lipinski definition) is 1. The zero-order valence-electron chi connectivity index (χ0n) is 17.1. The van der Waals surface area contributed by atoms with Gasteiger partial charge in [-0.05, 0) is 60.0 Å². The number of benzene rings is 1. The summed E-state index contributed by atoms with van der Waals surface area (Å²) in [5.41, 5.74) is 3.99. The number of carboxylic acid groups (broad SMARTS) is 1. The fourth-order valence-electron chi connectivity index (χ4n) is 3.54. The van der Waals surface area contributed by atoms with Crippen molar-refractivity contribution in [3.63, 3.8) is 0 Å². The monoisotopic (exact) mass is 413 g/mol. The van der Waals surface area contributed by atoms with E-state index in [2.05, 4.69) is 35.4 Å². The van der Waals surface area contributed by atoms with Crippen molar-refractivity contribution < 1.29 is 19.4 Å². The van der Waals surface area contributed by atoms with Gasteiger partial charge in [0.15, 0.2) is 11.5 Å². The summed E-state index contributed by atoms with van der Waals surface area (Å²) in [5, 5.41) is 11.3. The van der Waals surface area contributed by atoms with Crippen molar-refractivity contribution in [3.05, 3.63) is 63.4 Å². The largest absolute Gasteiger partial charge is 0.493 e. The lowest BCUT2D eigenvalue weighted by Crippen LogP contribution is -2.32. The fourth-order valence-corrected chi connectivity index (χ4v) is 4.53. The van der Waals surface area contributed by atoms with Gasteiger partial charge in [0.05, 0.1) is 14.2 Å². The summed E-state index contributed by atoms with van der Waals surface area (Å²) in [6.07, 6.45) is 5.71. The third-order valence-electron chi connectivity index (χ3n) is 5.10. The first kappa shape index (κ1) is 21.1. The number of carbonyl (C=O) groups is 1. The summed E-state index contributed by atoms with van der Waals surface area (Å²) >= 11 is 1.73. The number of ether oxygens (including phenoxy) is 2. The highest BCUT2D eigenvalue weighted by molar-refractivity contribution is 7.11. The molecule has 3 rings (SSSR count). The van der Waals surface area contributed by atoms with Gasteiger partial charge in [0.1, 0.15) is 0 Å². The molecule has 0 radical (unpaired) electrons. The number of aryl methyl sites for hydroxylation is 1. The Hall–Kier alpha value is -2.57. The Morgan fingerprint density at radius 3 is 2.69 bits per heavy atom. The maximum absolute atomic E-state index is 11.2. The second-order valence-electron chi connectivity index (χ2n) is 7.01. The smallest absolute Gasteiger partial charge is 0.332 e. The van der Waals surface area contributed by atoms with Crippen LogP contribution in [0.5, 0.6) is 11.5 Å². The zero-order chi connectivity index (χ0) is 20.8. The quantitative estimate of drug-likeness (QED) is 0.685. The van der Waals surface area contributed by atoms with Crippen molar-refractivity contribution >= 4 is 22.9 Å². The molecule has 29 heavy (non-hydrogen) atoms. The van der Waals surface area contributed by atoms with Crippen LogP contribution in [-0.2, 0) is 4.79 Å². The predicted octanol–water partition coefficient (Wildman–Crippen LogP) is 4.61. The van der Waals surface area contributed by atoms with Crippen LogP contribution in [0, 0.1) is 6.92 Å². The summed E-state index contributed by atoms with van der Waals surface area (Å²) in [4.78, 5) is 14.7. The maximum Gasteiger partial charge on any atom is 0.332 e. The van der Waals surface area contributed by atoms with E-state index in [-0.39, 0.29) is 0 Å². The first-order valence-electron chi connectivity index (χ1n) is 9.65. The molecule has 1 aliphatic rings. The molecule has 0 spiro atoms. The molecule has 1 aromatic heterocycles. The van der Waals surface area contributed by atoms with Crippen LogP contribution >= 0.6 is 11.3 Å². The Bertz CT molecular complexity index is 929. The molecule has 0 unspecified atom stereocenters. The Balaban J connectivity index is 1.83. The standard InChI is InChI=1S/C23H27NO4S/c1-16-10-13-29-22(16)19(17-8-9-20(27-2)21(14-17)28-3)7-5-12-24-11-4-6-18(15-24)23(25)26/h6-10,13-14H,4-5,11-12,15H2,1-3H3,(H,25,26). The minimum absolute atomic E-state index is 0.495. The van der Waals surface area contributed by atoms with Gasteiger partial charge in [-0.15, -0.1) is 11.3 Å². The van der Waals surface area contributed by atoms with E-state index in [1.165, 1.54) is 16.0 Å². The maximum atomic E-state index is 11.2. The number of nitrogens with zero attached hydrogens (tertiary/aromatic N) is 1. The van der Waals surface area contributed by atoms with Gasteiger partial charge in [-0.2, -0.15) is 0 Å². The van der Waals surface area contributed by atoms with Crippen LogP contribution in [0.15, 0.2) is 47.4 Å². The lowest BCUT2D eigenvalue weighted by Gasteiger charge is -2.25. The van der Waals surface area contributed by atoms with Gasteiger partial charge in [-0.25, -0.2) is 4.79 Å². The Labute approximate surface area is 175 Å². The molecule has 0 atom stereocenters. The van der Waals surface area contributed by atoms with Crippen molar-refractivity contribution in [2.75, 3.05) is 33.9 Å². The molecule has 1 aliphatic heterocycles. The van der Waals surface area contributed by atoms with Crippen molar-refractivity contribution in [2.24, 2.45) is 0 Å². The van der Waals surface area contributed by atoms with E-state index in [4.69, 9.17) is 9.47 Å². The molecule has 1 N–H and O–H groups in total. The molecule has 0 aliphatic carbocycles. The van der Waals surface area contributed by atoms with E-state index >= 15 is 0 Å². The summed E-state index contributed by atoms with van der Waals surface area (Å²) in [6, 6.07) is 8.12. The van der Waals surface area contributed by atoms with E-state index in [1.807, 2.05) is 18.2 Å². The third kappa shape index (κ3) is 5.08. The van der Waals surface area contributed by atoms with Crippen molar-refractivity contribution in [2.45, 2.75) is 19.8 Å². The predicted molar refractivity (Wildman–Crippen MR) is 117 cm³/mol. The minimum Gasteiger partial charge on any atom is -0.493 e. The normalized spacial score (nSPS) is 15.1. The van der Waals surface area contributed by atoms with E-state index in [0.717, 1.165) is 31.5 Å². The minimum atomic E-state index is -0.814. The van der Waals surface area contributed by atoms with Crippen LogP contribution in [0.25, 0.3) is 5.57 Å². The zero-order valence-corrected chi connectivity index (χ0v) is 17.9. The molecule has 2 heterocycles. The molecule has 0 saturated carbocycles. The van der Waals surface area contributed by atoms with Crippen LogP contribution in [0.2, 0.25) is 0 Å². The lowest BCUT2D eigenvalue weighted by molar-refractivity contribution is -0.133. The lowest BCUT2D eigenvalue weighted by atomic mass is 10.00. The number of methoxy groups -OCH3 is 2. The van der Waals surface area contributed by atoms with Crippen LogP contribution in [0.1, 0.15) is 28.8 Å². The highest BCUT2D eigenvalue weighted by atomic mass is 32.1. The first-order chi connectivity index (χ1) is 14.0. The van der Waals surface area contributed by atoms with E-state index in [1.54, 1.807) is 25.6 Å². The van der Waals surface area contributed by atoms with Crippen molar-refractivity contribution in [1.29, 1.82) is 0 Å². The van der Waals surface area contributed by atoms with Crippen molar-refractivity contribution in [3.8, 4) is 11.5 Å². The fraction of sp³-hybridized carbons (Fsp3) is 0.348. The van der Waals surface area contributed by atoms with E-state index < -0.39 is 5.97 Å². The molecule has 2 aromatic rings. The van der Waals surface area contributed by atoms with Gasteiger partial charge >= 0.3 is 5.97 Å². The Kier molecular flexibility index (Phi) is 7.12. The number of hydrogen-bond acceptors (Lipinski definition) is 5. The topological polar surface area (TPSA) is 59.0 Å². The summed E-state index contributed by atoms with van der Waals surface area (Å²) in [5.74, 6) is 0.600. The van der Waals surface area contributed by atoms with Gasteiger partial charge < -0.3 is 14.6 Å².